The summed E-state index contributed by atoms with van der Waals surface area (Å²) >= 11 is 0. The summed E-state index contributed by atoms with van der Waals surface area (Å²) in [6, 6.07) is 43.4. The van der Waals surface area contributed by atoms with Crippen molar-refractivity contribution in [1.29, 1.82) is 0 Å². The second-order valence-corrected chi connectivity index (χ2v) is 39.5. The van der Waals surface area contributed by atoms with Gasteiger partial charge in [0.2, 0.25) is 0 Å². The van der Waals surface area contributed by atoms with Crippen molar-refractivity contribution in [2.75, 3.05) is 41.4 Å². The van der Waals surface area contributed by atoms with Gasteiger partial charge in [-0.15, -0.1) is 13.2 Å². The molecule has 16 atom stereocenters. The smallest absolute Gasteiger partial charge is 0 e. The summed E-state index contributed by atoms with van der Waals surface area (Å²) in [5.41, 5.74) is -2.35. The summed E-state index contributed by atoms with van der Waals surface area (Å²) in [5, 5.41) is 40.3. The fourth-order valence-corrected chi connectivity index (χ4v) is 24.0. The van der Waals surface area contributed by atoms with Gasteiger partial charge < -0.3 is 52.9 Å². The average molecular weight is 1690 g/mol. The number of benzene rings is 4. The molecule has 97 heavy (non-hydrogen) atoms. The minimum absolute atomic E-state index is 0. The Hall–Kier alpha value is -1.51. The molecule has 0 amide bonds. The van der Waals surface area contributed by atoms with E-state index in [0.717, 1.165) is 19.3 Å². The van der Waals surface area contributed by atoms with E-state index < -0.39 is 52.4 Å². The van der Waals surface area contributed by atoms with E-state index in [0.29, 0.717) is 44.6 Å². The average Bonchev–Trinajstić information content (AvgIpc) is 0.761. The van der Waals surface area contributed by atoms with Crippen molar-refractivity contribution in [3.8, 4) is 0 Å². The molecule has 0 aromatic heterocycles. The number of unbranched alkanes of at least 4 members (excludes halogenated alkanes) is 3. The van der Waals surface area contributed by atoms with E-state index in [2.05, 4.69) is 275 Å². The van der Waals surface area contributed by atoms with Crippen LogP contribution in [0.4, 0.5) is 0 Å². The van der Waals surface area contributed by atoms with Crippen molar-refractivity contribution >= 4 is 109 Å². The first-order valence-electron chi connectivity index (χ1n) is 35.6. The Morgan fingerprint density at radius 3 is 1.18 bits per heavy atom. The number of nitrogens with zero attached hydrogens (tertiary/aromatic N) is 2. The molecule has 4 aromatic carbocycles. The van der Waals surface area contributed by atoms with Gasteiger partial charge >= 0.3 is 47.8 Å². The SMILES string of the molecule is C/C=C/CCCCC.C=C[C@H](C)[C@@H](O)[C@H](C)[C@@H](OC1C[C@@H](N(C)C)C[C@@H](C)O1)[C@](C)(O)C[C@@H](C)CO[Si](c1ccccc1)(c1ccccc1)C(C)(C)C.C=C[C@H](C)[C@@H](OC1C[C@@H](N(C)C)C[C@@H](C)O1)[C@](C)(O)C[C@@H](C)CO[Si](c1ccccc1)(c1ccccc1)C(C)(C)C.[SnH].[SnH].[Sn]. The molecule has 2 aliphatic heterocycles. The molecule has 0 saturated carbocycles. The van der Waals surface area contributed by atoms with Gasteiger partial charge in [-0.05, 0) is 144 Å². The molecule has 4 aromatic rings. The molecule has 11 nitrogen and oxygen atoms in total. The normalized spacial score (nSPS) is 22.3. The summed E-state index contributed by atoms with van der Waals surface area (Å²) in [5.74, 6) is -0.464. The van der Waals surface area contributed by atoms with E-state index in [1.807, 2.05) is 33.8 Å². The molecule has 10 radical (unpaired) electrons. The quantitative estimate of drug-likeness (QED) is 0.0246. The molecule has 2 saturated heterocycles. The Morgan fingerprint density at radius 1 is 0.546 bits per heavy atom. The zero-order valence-electron chi connectivity index (χ0n) is 64.2. The van der Waals surface area contributed by atoms with E-state index in [4.69, 9.17) is 27.8 Å². The monoisotopic (exact) mass is 1690 g/mol. The molecular formula is C81H134N2O9Si2Sn3. The molecule has 3 N–H and O–H groups in total. The largest absolute Gasteiger partial charge is 0 e. The van der Waals surface area contributed by atoms with E-state index in [1.165, 1.54) is 46.4 Å². The van der Waals surface area contributed by atoms with Crippen LogP contribution >= 0.6 is 0 Å². The van der Waals surface area contributed by atoms with Crippen molar-refractivity contribution in [2.45, 2.75) is 258 Å². The fraction of sp³-hybridized carbons (Fsp3) is 0.630. The number of rotatable bonds is 32. The predicted octanol–water partition coefficient (Wildman–Crippen LogP) is 13.5. The molecule has 16 heteroatoms. The summed E-state index contributed by atoms with van der Waals surface area (Å²) < 4.78 is 40.2. The second-order valence-electron chi connectivity index (χ2n) is 30.9. The minimum Gasteiger partial charge on any atom is 0 e. The van der Waals surface area contributed by atoms with Gasteiger partial charge in [-0.25, -0.2) is 0 Å². The van der Waals surface area contributed by atoms with E-state index in [-0.39, 0.29) is 130 Å². The maximum absolute atomic E-state index is 12.2. The van der Waals surface area contributed by atoms with Gasteiger partial charge in [0.15, 0.2) is 12.6 Å². The summed E-state index contributed by atoms with van der Waals surface area (Å²) in [4.78, 5) is 4.45. The van der Waals surface area contributed by atoms with Gasteiger partial charge in [0.1, 0.15) is 0 Å². The van der Waals surface area contributed by atoms with Crippen LogP contribution in [-0.2, 0) is 27.8 Å². The maximum atomic E-state index is 12.2. The Kier molecular flexibility index (Phi) is 42.7. The minimum atomic E-state index is -2.72. The Labute approximate surface area is 644 Å². The molecule has 0 bridgehead atoms. The molecule has 2 unspecified atom stereocenters. The topological polar surface area (TPSA) is 123 Å². The number of aliphatic hydroxyl groups is 3. The summed E-state index contributed by atoms with van der Waals surface area (Å²) in [6.45, 7) is 45.2. The van der Waals surface area contributed by atoms with Crippen molar-refractivity contribution in [3.63, 3.8) is 0 Å². The second kappa shape index (κ2) is 44.3. The van der Waals surface area contributed by atoms with Crippen molar-refractivity contribution in [2.24, 2.45) is 29.6 Å². The zero-order valence-corrected chi connectivity index (χ0v) is 75.6. The summed E-state index contributed by atoms with van der Waals surface area (Å²) in [6.07, 6.45) is 15.1. The molecule has 6 rings (SSSR count). The third-order valence-corrected chi connectivity index (χ3v) is 29.7. The van der Waals surface area contributed by atoms with Crippen molar-refractivity contribution in [1.82, 2.24) is 9.80 Å². The number of ether oxygens (including phenoxy) is 4. The molecule has 2 fully saturated rings. The van der Waals surface area contributed by atoms with Crippen LogP contribution in [0.5, 0.6) is 0 Å². The molecule has 542 valence electrons. The molecule has 0 spiro atoms. The van der Waals surface area contributed by atoms with E-state index in [9.17, 15) is 15.3 Å². The van der Waals surface area contributed by atoms with Gasteiger partial charge in [-0.2, -0.15) is 0 Å². The van der Waals surface area contributed by atoms with Gasteiger partial charge in [-0.1, -0.05) is 242 Å². The number of hydrogen-bond donors (Lipinski definition) is 3. The zero-order chi connectivity index (χ0) is 70.2. The van der Waals surface area contributed by atoms with E-state index in [1.54, 1.807) is 6.08 Å². The molecule has 2 heterocycles. The molecule has 0 aliphatic carbocycles. The van der Waals surface area contributed by atoms with Gasteiger partial charge in [0, 0.05) is 79.8 Å². The van der Waals surface area contributed by atoms with Crippen LogP contribution in [0, 0.1) is 29.6 Å². The van der Waals surface area contributed by atoms with Crippen molar-refractivity contribution in [3.05, 3.63) is 159 Å². The third-order valence-electron chi connectivity index (χ3n) is 19.7. The van der Waals surface area contributed by atoms with Gasteiger partial charge in [0.05, 0.1) is 41.7 Å². The maximum Gasteiger partial charge on any atom is 0 e. The van der Waals surface area contributed by atoms with Crippen molar-refractivity contribution < 1.29 is 43.1 Å². The van der Waals surface area contributed by atoms with E-state index >= 15 is 0 Å². The third kappa shape index (κ3) is 27.5. The van der Waals surface area contributed by atoms with Gasteiger partial charge in [-0.3, -0.25) is 0 Å². The van der Waals surface area contributed by atoms with Crippen LogP contribution in [-0.4, -0.2) is 221 Å². The first-order valence-corrected chi connectivity index (χ1v) is 39.4. The van der Waals surface area contributed by atoms with Crippen LogP contribution in [0.2, 0.25) is 10.1 Å². The van der Waals surface area contributed by atoms with Crippen LogP contribution < -0.4 is 20.7 Å². The first kappa shape index (κ1) is 93.5. The predicted molar refractivity (Wildman–Crippen MR) is 421 cm³/mol. The number of aliphatic hydroxyl groups excluding tert-OH is 1. The Morgan fingerprint density at radius 2 is 0.876 bits per heavy atom. The summed E-state index contributed by atoms with van der Waals surface area (Å²) in [7, 11) is 2.99. The standard InChI is InChI=1S/C38H61NO5Si.C35H55NO4Si.C8H16.3Sn.2H/c1-12-28(3)35(40)30(5)36(44-34-24-31(39(10)11)23-29(4)43-34)38(9,41)25-27(2)26-42-45(37(6,7)8,32-19-15-13-16-20-32)33-21-17-14-18-22-33;1-11-27(3)33(40-32-23-29(36(9)10)22-28(4)39-32)35(8,37)24-26(2)25-38-41(34(5,6)7,30-18-14-12-15-19-30)31-20-16-13-17-21-31;1-3-5-7-8-6-4-2;;;;;/h12-22,27-31,34-36,40-41H,1,23-26H2,2-11H3;11-21,26-29,32-33,37H,1,22-25H2,2-10H3;3,5H,4,6-8H2,1-2H3;;;;;/b;;5-3+;;;;;/t27-,28+,29-,30+,31+,34?,35-,36-,38-;26-,27+,28-,29+,32?,33-,35-;;;;;;/m11....../s1. The first-order chi connectivity index (χ1) is 44.2. The Balaban J connectivity index is 0.000000849. The number of allylic oxidation sites excluding steroid dienone is 2. The van der Waals surface area contributed by atoms with Crippen LogP contribution in [0.25, 0.3) is 0 Å². The van der Waals surface area contributed by atoms with Crippen LogP contribution in [0.15, 0.2) is 159 Å². The number of hydrogen-bond acceptors (Lipinski definition) is 11. The Bertz CT molecular complexity index is 2690. The fourth-order valence-electron chi connectivity index (χ4n) is 14.6. The van der Waals surface area contributed by atoms with Gasteiger partial charge in [0.25, 0.3) is 16.6 Å². The van der Waals surface area contributed by atoms with Crippen LogP contribution in [0.1, 0.15) is 182 Å². The molecule has 2 aliphatic rings. The molecular weight excluding hydrogens is 1560 g/mol. The van der Waals surface area contributed by atoms with Crippen LogP contribution in [0.3, 0.4) is 0 Å².